The van der Waals surface area contributed by atoms with Crippen LogP contribution in [0.3, 0.4) is 0 Å². The standard InChI is InChI=1S/C14H13N3OS/c1-9-5-14(6-9,7-15)13(18)17-10-2-3-11-12(4-10)19-8-16-11/h2-4,8-9H,5-6H2,1H3,(H,17,18). The summed E-state index contributed by atoms with van der Waals surface area (Å²) in [7, 11) is 0. The number of thiazole rings is 1. The Bertz CT molecular complexity index is 679. The lowest BCUT2D eigenvalue weighted by molar-refractivity contribution is -0.128. The van der Waals surface area contributed by atoms with E-state index in [2.05, 4.69) is 23.3 Å². The number of rotatable bonds is 2. The van der Waals surface area contributed by atoms with E-state index >= 15 is 0 Å². The van der Waals surface area contributed by atoms with Gasteiger partial charge >= 0.3 is 0 Å². The second kappa shape index (κ2) is 4.32. The Morgan fingerprint density at radius 3 is 3.05 bits per heavy atom. The second-order valence-corrected chi connectivity index (χ2v) is 6.08. The Labute approximate surface area is 115 Å². The molecule has 0 bridgehead atoms. The highest BCUT2D eigenvalue weighted by Crippen LogP contribution is 2.45. The number of nitrogens with zero attached hydrogens (tertiary/aromatic N) is 2. The van der Waals surface area contributed by atoms with Gasteiger partial charge in [0.2, 0.25) is 5.91 Å². The third kappa shape index (κ3) is 1.98. The number of hydrogen-bond donors (Lipinski definition) is 1. The number of nitriles is 1. The first-order valence-corrected chi connectivity index (χ1v) is 7.07. The molecule has 1 aliphatic carbocycles. The van der Waals surface area contributed by atoms with Crippen LogP contribution in [0.25, 0.3) is 10.2 Å². The largest absolute Gasteiger partial charge is 0.325 e. The van der Waals surface area contributed by atoms with Gasteiger partial charge in [-0.05, 0) is 37.0 Å². The molecule has 5 heteroatoms. The maximum absolute atomic E-state index is 12.2. The average Bonchev–Trinajstić information content (AvgIpc) is 2.81. The van der Waals surface area contributed by atoms with Crippen molar-refractivity contribution in [2.45, 2.75) is 19.8 Å². The van der Waals surface area contributed by atoms with Crippen molar-refractivity contribution in [1.82, 2.24) is 4.98 Å². The van der Waals surface area contributed by atoms with Gasteiger partial charge in [-0.25, -0.2) is 4.98 Å². The van der Waals surface area contributed by atoms with E-state index in [1.165, 1.54) is 11.3 Å². The van der Waals surface area contributed by atoms with Crippen LogP contribution in [-0.2, 0) is 4.79 Å². The number of carbonyl (C=O) groups is 1. The summed E-state index contributed by atoms with van der Waals surface area (Å²) in [5.41, 5.74) is 2.61. The molecule has 0 atom stereocenters. The zero-order chi connectivity index (χ0) is 13.5. The van der Waals surface area contributed by atoms with Crippen LogP contribution in [0.1, 0.15) is 19.8 Å². The van der Waals surface area contributed by atoms with E-state index in [1.807, 2.05) is 18.2 Å². The highest BCUT2D eigenvalue weighted by Gasteiger charge is 2.48. The molecule has 96 valence electrons. The zero-order valence-electron chi connectivity index (χ0n) is 10.5. The molecule has 1 saturated carbocycles. The van der Waals surface area contributed by atoms with E-state index in [4.69, 9.17) is 0 Å². The minimum Gasteiger partial charge on any atom is -0.325 e. The number of anilines is 1. The smallest absolute Gasteiger partial charge is 0.244 e. The highest BCUT2D eigenvalue weighted by molar-refractivity contribution is 7.16. The molecule has 0 radical (unpaired) electrons. The van der Waals surface area contributed by atoms with Gasteiger partial charge in [-0.2, -0.15) is 5.26 Å². The van der Waals surface area contributed by atoms with Crippen molar-refractivity contribution in [3.8, 4) is 6.07 Å². The third-order valence-electron chi connectivity index (χ3n) is 3.63. The Balaban J connectivity index is 1.81. The monoisotopic (exact) mass is 271 g/mol. The molecule has 1 heterocycles. The molecule has 1 aromatic carbocycles. The Kier molecular flexibility index (Phi) is 2.76. The van der Waals surface area contributed by atoms with Crippen LogP contribution in [0.15, 0.2) is 23.7 Å². The van der Waals surface area contributed by atoms with Crippen LogP contribution < -0.4 is 5.32 Å². The van der Waals surface area contributed by atoms with E-state index in [0.29, 0.717) is 18.8 Å². The van der Waals surface area contributed by atoms with Crippen LogP contribution in [0.5, 0.6) is 0 Å². The summed E-state index contributed by atoms with van der Waals surface area (Å²) in [5.74, 6) is 0.270. The fourth-order valence-corrected chi connectivity index (χ4v) is 3.36. The highest BCUT2D eigenvalue weighted by atomic mass is 32.1. The average molecular weight is 271 g/mol. The Morgan fingerprint density at radius 1 is 1.58 bits per heavy atom. The predicted molar refractivity (Wildman–Crippen MR) is 74.7 cm³/mol. The predicted octanol–water partition coefficient (Wildman–Crippen LogP) is 3.17. The first-order chi connectivity index (χ1) is 9.13. The number of nitrogens with one attached hydrogen (secondary N) is 1. The van der Waals surface area contributed by atoms with Gasteiger partial charge in [0, 0.05) is 5.69 Å². The summed E-state index contributed by atoms with van der Waals surface area (Å²) in [6.45, 7) is 2.06. The summed E-state index contributed by atoms with van der Waals surface area (Å²) in [4.78, 5) is 16.4. The second-order valence-electron chi connectivity index (χ2n) is 5.20. The molecule has 0 unspecified atom stereocenters. The number of fused-ring (bicyclic) bond motifs is 1. The van der Waals surface area contributed by atoms with Crippen molar-refractivity contribution < 1.29 is 4.79 Å². The molecular formula is C14H13N3OS. The first-order valence-electron chi connectivity index (χ1n) is 6.19. The molecule has 3 rings (SSSR count). The van der Waals surface area contributed by atoms with Crippen LogP contribution in [0.4, 0.5) is 5.69 Å². The van der Waals surface area contributed by atoms with Crippen molar-refractivity contribution in [2.75, 3.05) is 5.32 Å². The molecule has 1 fully saturated rings. The van der Waals surface area contributed by atoms with Crippen molar-refractivity contribution in [3.63, 3.8) is 0 Å². The summed E-state index contributed by atoms with van der Waals surface area (Å²) in [6.07, 6.45) is 1.30. The summed E-state index contributed by atoms with van der Waals surface area (Å²) in [5, 5.41) is 12.1. The minimum atomic E-state index is -0.831. The van der Waals surface area contributed by atoms with Gasteiger partial charge in [-0.3, -0.25) is 4.79 Å². The molecular weight excluding hydrogens is 258 g/mol. The molecule has 1 amide bonds. The molecule has 0 aliphatic heterocycles. The SMILES string of the molecule is CC1CC(C#N)(C(=O)Nc2ccc3ncsc3c2)C1. The van der Waals surface area contributed by atoms with E-state index in [-0.39, 0.29) is 5.91 Å². The van der Waals surface area contributed by atoms with E-state index < -0.39 is 5.41 Å². The van der Waals surface area contributed by atoms with Gasteiger partial charge in [0.15, 0.2) is 0 Å². The molecule has 4 nitrogen and oxygen atoms in total. The van der Waals surface area contributed by atoms with Crippen molar-refractivity contribution >= 4 is 33.1 Å². The molecule has 1 N–H and O–H groups in total. The lowest BCUT2D eigenvalue weighted by atomic mass is 9.63. The van der Waals surface area contributed by atoms with Crippen molar-refractivity contribution in [3.05, 3.63) is 23.7 Å². The number of aromatic nitrogens is 1. The van der Waals surface area contributed by atoms with Gasteiger partial charge in [-0.1, -0.05) is 6.92 Å². The topological polar surface area (TPSA) is 65.8 Å². The molecule has 2 aromatic rings. The van der Waals surface area contributed by atoms with Crippen LogP contribution >= 0.6 is 11.3 Å². The molecule has 0 saturated heterocycles. The van der Waals surface area contributed by atoms with Crippen molar-refractivity contribution in [1.29, 1.82) is 5.26 Å². The summed E-state index contributed by atoms with van der Waals surface area (Å²) in [6, 6.07) is 7.78. The van der Waals surface area contributed by atoms with Gasteiger partial charge in [0.25, 0.3) is 0 Å². The van der Waals surface area contributed by atoms with Crippen LogP contribution in [0.2, 0.25) is 0 Å². The fourth-order valence-electron chi connectivity index (χ4n) is 2.64. The van der Waals surface area contributed by atoms with Crippen LogP contribution in [-0.4, -0.2) is 10.9 Å². The normalized spacial score (nSPS) is 25.6. The quantitative estimate of drug-likeness (QED) is 0.912. The molecule has 1 aromatic heterocycles. The number of benzene rings is 1. The van der Waals surface area contributed by atoms with Gasteiger partial charge in [0.1, 0.15) is 5.41 Å². The maximum Gasteiger partial charge on any atom is 0.244 e. The van der Waals surface area contributed by atoms with Crippen molar-refractivity contribution in [2.24, 2.45) is 11.3 Å². The number of amides is 1. The lowest BCUT2D eigenvalue weighted by Crippen LogP contribution is -2.45. The Hall–Kier alpha value is -1.93. The van der Waals surface area contributed by atoms with Gasteiger partial charge < -0.3 is 5.32 Å². The minimum absolute atomic E-state index is 0.183. The first kappa shape index (κ1) is 12.1. The number of carbonyl (C=O) groups excluding carboxylic acids is 1. The molecule has 1 aliphatic rings. The lowest BCUT2D eigenvalue weighted by Gasteiger charge is -2.39. The zero-order valence-corrected chi connectivity index (χ0v) is 11.3. The van der Waals surface area contributed by atoms with E-state index in [9.17, 15) is 10.1 Å². The van der Waals surface area contributed by atoms with E-state index in [1.54, 1.807) is 5.51 Å². The summed E-state index contributed by atoms with van der Waals surface area (Å²) >= 11 is 1.53. The number of hydrogen-bond acceptors (Lipinski definition) is 4. The summed E-state index contributed by atoms with van der Waals surface area (Å²) < 4.78 is 1.03. The fraction of sp³-hybridized carbons (Fsp3) is 0.357. The van der Waals surface area contributed by atoms with Gasteiger partial charge in [0.05, 0.1) is 21.8 Å². The Morgan fingerprint density at radius 2 is 2.37 bits per heavy atom. The maximum atomic E-state index is 12.2. The van der Waals surface area contributed by atoms with Gasteiger partial charge in [-0.15, -0.1) is 11.3 Å². The third-order valence-corrected chi connectivity index (χ3v) is 4.42. The van der Waals surface area contributed by atoms with E-state index in [0.717, 1.165) is 15.9 Å². The van der Waals surface area contributed by atoms with Crippen LogP contribution in [0, 0.1) is 22.7 Å². The molecule has 0 spiro atoms. The molecule has 19 heavy (non-hydrogen) atoms.